The molecule has 4 nitrogen and oxygen atoms in total. The van der Waals surface area contributed by atoms with Crippen molar-refractivity contribution >= 4 is 5.97 Å². The number of carbonyl (C=O) groups excluding carboxylic acids is 1. The number of epoxide rings is 1. The molecule has 2 heterocycles. The fraction of sp³-hybridized carbons (Fsp3) is 0.909. The zero-order valence-electron chi connectivity index (χ0n) is 9.54. The van der Waals surface area contributed by atoms with Crippen molar-refractivity contribution in [2.45, 2.75) is 50.4 Å². The first-order valence-electron chi connectivity index (χ1n) is 5.42. The van der Waals surface area contributed by atoms with Crippen molar-refractivity contribution in [3.8, 4) is 0 Å². The number of hydrogen-bond donors (Lipinski definition) is 0. The Morgan fingerprint density at radius 2 is 2.27 bits per heavy atom. The molecule has 0 spiro atoms. The van der Waals surface area contributed by atoms with Gasteiger partial charge in [0.25, 0.3) is 0 Å². The summed E-state index contributed by atoms with van der Waals surface area (Å²) in [5, 5.41) is 0. The average Bonchev–Trinajstić information content (AvgIpc) is 2.60. The number of rotatable bonds is 3. The van der Waals surface area contributed by atoms with Crippen LogP contribution in [-0.4, -0.2) is 37.0 Å². The molecule has 0 bridgehead atoms. The van der Waals surface area contributed by atoms with Gasteiger partial charge in [-0.25, -0.2) is 4.79 Å². The Balaban J connectivity index is 1.96. The van der Waals surface area contributed by atoms with E-state index in [1.54, 1.807) is 6.92 Å². The molecule has 0 aromatic rings. The summed E-state index contributed by atoms with van der Waals surface area (Å²) < 4.78 is 15.8. The number of methoxy groups -OCH3 is 1. The summed E-state index contributed by atoms with van der Waals surface area (Å²) in [6, 6.07) is 0. The lowest BCUT2D eigenvalue weighted by atomic mass is 9.90. The maximum Gasteiger partial charge on any atom is 0.340 e. The second kappa shape index (κ2) is 3.46. The molecule has 2 fully saturated rings. The number of esters is 1. The van der Waals surface area contributed by atoms with Crippen molar-refractivity contribution in [1.29, 1.82) is 0 Å². The smallest absolute Gasteiger partial charge is 0.340 e. The van der Waals surface area contributed by atoms with Gasteiger partial charge in [-0.05, 0) is 26.7 Å². The van der Waals surface area contributed by atoms with Crippen molar-refractivity contribution < 1.29 is 19.0 Å². The minimum Gasteiger partial charge on any atom is -0.467 e. The molecular weight excluding hydrogens is 196 g/mol. The Bertz CT molecular complexity index is 272. The molecule has 2 aliphatic heterocycles. The van der Waals surface area contributed by atoms with E-state index in [1.807, 2.05) is 6.92 Å². The predicted molar refractivity (Wildman–Crippen MR) is 53.5 cm³/mol. The summed E-state index contributed by atoms with van der Waals surface area (Å²) in [6.45, 7) is 4.56. The van der Waals surface area contributed by atoms with E-state index in [4.69, 9.17) is 14.2 Å². The minimum absolute atomic E-state index is 0.237. The standard InChI is InChI=1S/C11H18O4/c1-10(7-8-5-4-6-14-8)11(2,15-10)9(12)13-3/h8H,4-7H2,1-3H3. The monoisotopic (exact) mass is 214 g/mol. The first-order valence-corrected chi connectivity index (χ1v) is 5.42. The van der Waals surface area contributed by atoms with Crippen molar-refractivity contribution in [2.75, 3.05) is 13.7 Å². The van der Waals surface area contributed by atoms with Gasteiger partial charge in [0.1, 0.15) is 5.60 Å². The average molecular weight is 214 g/mol. The highest BCUT2D eigenvalue weighted by molar-refractivity contribution is 5.84. The summed E-state index contributed by atoms with van der Waals surface area (Å²) in [5.41, 5.74) is -1.18. The molecule has 2 rings (SSSR count). The van der Waals surface area contributed by atoms with Gasteiger partial charge in [0, 0.05) is 13.0 Å². The molecule has 2 aliphatic rings. The molecular formula is C11H18O4. The first kappa shape index (κ1) is 10.9. The van der Waals surface area contributed by atoms with Gasteiger partial charge in [-0.2, -0.15) is 0 Å². The van der Waals surface area contributed by atoms with E-state index in [2.05, 4.69) is 0 Å². The molecule has 4 heteroatoms. The maximum atomic E-state index is 11.5. The van der Waals surface area contributed by atoms with Crippen molar-refractivity contribution in [3.63, 3.8) is 0 Å². The van der Waals surface area contributed by atoms with E-state index in [-0.39, 0.29) is 12.1 Å². The highest BCUT2D eigenvalue weighted by Crippen LogP contribution is 2.52. The van der Waals surface area contributed by atoms with E-state index in [1.165, 1.54) is 7.11 Å². The molecule has 0 N–H and O–H groups in total. The van der Waals surface area contributed by atoms with Crippen LogP contribution in [0.1, 0.15) is 33.1 Å². The van der Waals surface area contributed by atoms with Crippen LogP contribution < -0.4 is 0 Å². The van der Waals surface area contributed by atoms with Crippen LogP contribution in [0.2, 0.25) is 0 Å². The summed E-state index contributed by atoms with van der Waals surface area (Å²) in [7, 11) is 1.39. The Kier molecular flexibility index (Phi) is 2.51. The molecule has 0 aromatic carbocycles. The van der Waals surface area contributed by atoms with Gasteiger partial charge in [0.15, 0.2) is 5.60 Å². The molecule has 0 aliphatic carbocycles. The molecule has 0 radical (unpaired) electrons. The fourth-order valence-corrected chi connectivity index (χ4v) is 2.35. The Morgan fingerprint density at radius 3 is 2.80 bits per heavy atom. The van der Waals surface area contributed by atoms with Crippen LogP contribution in [0, 0.1) is 0 Å². The Hall–Kier alpha value is -0.610. The molecule has 0 amide bonds. The lowest BCUT2D eigenvalue weighted by Crippen LogP contribution is -2.33. The second-order valence-electron chi connectivity index (χ2n) is 4.70. The maximum absolute atomic E-state index is 11.5. The Morgan fingerprint density at radius 1 is 1.53 bits per heavy atom. The van der Waals surface area contributed by atoms with Gasteiger partial charge in [-0.3, -0.25) is 0 Å². The van der Waals surface area contributed by atoms with Crippen LogP contribution in [0.4, 0.5) is 0 Å². The lowest BCUT2D eigenvalue weighted by molar-refractivity contribution is -0.146. The van der Waals surface area contributed by atoms with E-state index in [9.17, 15) is 4.79 Å². The van der Waals surface area contributed by atoms with Gasteiger partial charge >= 0.3 is 5.97 Å². The zero-order valence-corrected chi connectivity index (χ0v) is 9.54. The fourth-order valence-electron chi connectivity index (χ4n) is 2.35. The molecule has 0 saturated carbocycles. The zero-order chi connectivity index (χ0) is 11.1. The van der Waals surface area contributed by atoms with Crippen molar-refractivity contribution in [3.05, 3.63) is 0 Å². The van der Waals surface area contributed by atoms with Gasteiger partial charge < -0.3 is 14.2 Å². The van der Waals surface area contributed by atoms with Crippen LogP contribution in [0.3, 0.4) is 0 Å². The quantitative estimate of drug-likeness (QED) is 0.524. The van der Waals surface area contributed by atoms with Crippen LogP contribution in [-0.2, 0) is 19.0 Å². The topological polar surface area (TPSA) is 48.1 Å². The molecule has 2 saturated heterocycles. The second-order valence-corrected chi connectivity index (χ2v) is 4.70. The number of carbonyl (C=O) groups is 1. The molecule has 3 unspecified atom stereocenters. The van der Waals surface area contributed by atoms with E-state index in [0.717, 1.165) is 25.9 Å². The summed E-state index contributed by atoms with van der Waals surface area (Å²) in [4.78, 5) is 11.5. The largest absolute Gasteiger partial charge is 0.467 e. The third kappa shape index (κ3) is 1.66. The lowest BCUT2D eigenvalue weighted by Gasteiger charge is -2.15. The van der Waals surface area contributed by atoms with Gasteiger partial charge in [-0.1, -0.05) is 0 Å². The van der Waals surface area contributed by atoms with Gasteiger partial charge in [0.05, 0.1) is 13.2 Å². The summed E-state index contributed by atoms with van der Waals surface area (Å²) >= 11 is 0. The van der Waals surface area contributed by atoms with Crippen LogP contribution >= 0.6 is 0 Å². The summed E-state index contributed by atoms with van der Waals surface area (Å²) in [6.07, 6.45) is 3.19. The normalized spacial score (nSPS) is 44.1. The van der Waals surface area contributed by atoms with Gasteiger partial charge in [0.2, 0.25) is 0 Å². The number of ether oxygens (including phenoxy) is 3. The number of hydrogen-bond acceptors (Lipinski definition) is 4. The third-order valence-corrected chi connectivity index (χ3v) is 3.61. The molecule has 86 valence electrons. The van der Waals surface area contributed by atoms with Gasteiger partial charge in [-0.15, -0.1) is 0 Å². The molecule has 3 atom stereocenters. The SMILES string of the molecule is COC(=O)C1(C)OC1(C)CC1CCCO1. The molecule has 0 aromatic heterocycles. The minimum atomic E-state index is -0.770. The highest BCUT2D eigenvalue weighted by Gasteiger charge is 2.70. The Labute approximate surface area is 89.9 Å². The third-order valence-electron chi connectivity index (χ3n) is 3.61. The van der Waals surface area contributed by atoms with Crippen LogP contribution in [0.5, 0.6) is 0 Å². The van der Waals surface area contributed by atoms with Crippen LogP contribution in [0.25, 0.3) is 0 Å². The summed E-state index contributed by atoms with van der Waals surface area (Å²) in [5.74, 6) is -0.289. The van der Waals surface area contributed by atoms with E-state index in [0.29, 0.717) is 0 Å². The van der Waals surface area contributed by atoms with Crippen LogP contribution in [0.15, 0.2) is 0 Å². The predicted octanol–water partition coefficient (Wildman–Crippen LogP) is 1.28. The highest BCUT2D eigenvalue weighted by atomic mass is 16.7. The van der Waals surface area contributed by atoms with E-state index < -0.39 is 11.2 Å². The van der Waals surface area contributed by atoms with E-state index >= 15 is 0 Å². The molecule has 15 heavy (non-hydrogen) atoms. The van der Waals surface area contributed by atoms with Crippen molar-refractivity contribution in [1.82, 2.24) is 0 Å². The van der Waals surface area contributed by atoms with Crippen molar-refractivity contribution in [2.24, 2.45) is 0 Å². The first-order chi connectivity index (χ1) is 7.02.